The number of benzene rings is 1. The smallest absolute Gasteiger partial charge is 0.272 e. The minimum atomic E-state index is -0.111. The Balaban J connectivity index is 2.28. The van der Waals surface area contributed by atoms with E-state index in [0.717, 1.165) is 24.0 Å². The van der Waals surface area contributed by atoms with Crippen LogP contribution in [0.1, 0.15) is 36.5 Å². The summed E-state index contributed by atoms with van der Waals surface area (Å²) in [6.45, 7) is 3.92. The summed E-state index contributed by atoms with van der Waals surface area (Å²) in [5.74, 6) is 0.589. The van der Waals surface area contributed by atoms with Gasteiger partial charge in [-0.15, -0.1) is 0 Å². The molecule has 1 N–H and O–H groups in total. The normalized spacial score (nSPS) is 10.8. The molecule has 0 aliphatic carbocycles. The number of unbranched alkanes of at least 4 members (excludes halogenated alkanes) is 1. The third-order valence-electron chi connectivity index (χ3n) is 4.10. The molecule has 0 atom stereocenters. The Labute approximate surface area is 134 Å². The van der Waals surface area contributed by atoms with Crippen molar-refractivity contribution in [2.24, 2.45) is 0 Å². The molecule has 0 aliphatic rings. The fourth-order valence-electron chi connectivity index (χ4n) is 2.78. The number of nitriles is 1. The molecule has 5 heteroatoms. The van der Waals surface area contributed by atoms with E-state index in [0.29, 0.717) is 29.0 Å². The number of pyridine rings is 1. The van der Waals surface area contributed by atoms with Gasteiger partial charge >= 0.3 is 0 Å². The molecule has 0 aliphatic heterocycles. The first-order valence-electron chi connectivity index (χ1n) is 7.77. The van der Waals surface area contributed by atoms with Crippen LogP contribution in [0, 0.1) is 18.3 Å². The summed E-state index contributed by atoms with van der Waals surface area (Å²) >= 11 is 0. The monoisotopic (exact) mass is 306 g/mol. The van der Waals surface area contributed by atoms with Gasteiger partial charge < -0.3 is 0 Å². The minimum Gasteiger partial charge on any atom is -0.272 e. The van der Waals surface area contributed by atoms with Gasteiger partial charge in [0.25, 0.3) is 5.56 Å². The fraction of sp³-hybridized carbons (Fsp3) is 0.278. The van der Waals surface area contributed by atoms with E-state index in [1.807, 2.05) is 37.3 Å². The molecule has 0 unspecified atom stereocenters. The van der Waals surface area contributed by atoms with E-state index in [1.54, 1.807) is 0 Å². The second-order valence-electron chi connectivity index (χ2n) is 5.60. The molecule has 0 amide bonds. The highest BCUT2D eigenvalue weighted by Gasteiger charge is 2.18. The van der Waals surface area contributed by atoms with Gasteiger partial charge in [-0.25, -0.2) is 4.98 Å². The molecule has 3 aromatic rings. The predicted octanol–water partition coefficient (Wildman–Crippen LogP) is 3.21. The van der Waals surface area contributed by atoms with E-state index >= 15 is 0 Å². The van der Waals surface area contributed by atoms with Crippen LogP contribution >= 0.6 is 0 Å². The van der Waals surface area contributed by atoms with Gasteiger partial charge in [-0.05, 0) is 25.3 Å². The highest BCUT2D eigenvalue weighted by Crippen LogP contribution is 2.20. The SMILES string of the molecule is CCCCc1c(C)c(C#N)c2nc(-c3ccccc3)[nH]n2c1=O. The average Bonchev–Trinajstić information content (AvgIpc) is 3.01. The Morgan fingerprint density at radius 3 is 2.70 bits per heavy atom. The molecule has 0 fully saturated rings. The first-order chi connectivity index (χ1) is 11.2. The first-order valence-corrected chi connectivity index (χ1v) is 7.77. The maximum atomic E-state index is 12.8. The van der Waals surface area contributed by atoms with Crippen LogP contribution in [0.25, 0.3) is 17.0 Å². The van der Waals surface area contributed by atoms with Gasteiger partial charge in [-0.2, -0.15) is 9.78 Å². The molecule has 5 nitrogen and oxygen atoms in total. The maximum Gasteiger partial charge on any atom is 0.274 e. The van der Waals surface area contributed by atoms with Crippen LogP contribution < -0.4 is 5.56 Å². The van der Waals surface area contributed by atoms with Gasteiger partial charge in [-0.3, -0.25) is 9.89 Å². The highest BCUT2D eigenvalue weighted by molar-refractivity contribution is 5.65. The van der Waals surface area contributed by atoms with Gasteiger partial charge in [0.15, 0.2) is 11.5 Å². The van der Waals surface area contributed by atoms with E-state index in [4.69, 9.17) is 0 Å². The summed E-state index contributed by atoms with van der Waals surface area (Å²) in [6, 6.07) is 11.8. The predicted molar refractivity (Wildman–Crippen MR) is 89.3 cm³/mol. The fourth-order valence-corrected chi connectivity index (χ4v) is 2.78. The number of hydrogen-bond donors (Lipinski definition) is 1. The Morgan fingerprint density at radius 1 is 1.30 bits per heavy atom. The van der Waals surface area contributed by atoms with Crippen LogP contribution in [0.15, 0.2) is 35.1 Å². The Bertz CT molecular complexity index is 945. The van der Waals surface area contributed by atoms with Gasteiger partial charge in [0.1, 0.15) is 11.6 Å². The summed E-state index contributed by atoms with van der Waals surface area (Å²) in [5.41, 5.74) is 3.08. The summed E-state index contributed by atoms with van der Waals surface area (Å²) in [7, 11) is 0. The zero-order valence-corrected chi connectivity index (χ0v) is 13.3. The third-order valence-corrected chi connectivity index (χ3v) is 4.10. The second-order valence-corrected chi connectivity index (χ2v) is 5.60. The zero-order chi connectivity index (χ0) is 16.4. The van der Waals surface area contributed by atoms with Crippen LogP contribution in [-0.2, 0) is 6.42 Å². The number of aromatic nitrogens is 3. The Morgan fingerprint density at radius 2 is 2.04 bits per heavy atom. The molecule has 0 bridgehead atoms. The molecule has 0 saturated carbocycles. The molecule has 0 saturated heterocycles. The summed E-state index contributed by atoms with van der Waals surface area (Å²) < 4.78 is 1.40. The number of H-pyrrole nitrogens is 1. The topological polar surface area (TPSA) is 73.9 Å². The van der Waals surface area contributed by atoms with Crippen molar-refractivity contribution in [2.75, 3.05) is 0 Å². The molecular weight excluding hydrogens is 288 g/mol. The first kappa shape index (κ1) is 15.0. The minimum absolute atomic E-state index is 0.111. The van der Waals surface area contributed by atoms with Crippen LogP contribution in [-0.4, -0.2) is 14.6 Å². The number of rotatable bonds is 4. The lowest BCUT2D eigenvalue weighted by atomic mass is 10.0. The van der Waals surface area contributed by atoms with E-state index in [2.05, 4.69) is 23.1 Å². The van der Waals surface area contributed by atoms with Gasteiger partial charge in [0.2, 0.25) is 0 Å². The van der Waals surface area contributed by atoms with Crippen molar-refractivity contribution in [1.82, 2.24) is 14.6 Å². The number of nitrogens with one attached hydrogen (secondary N) is 1. The van der Waals surface area contributed by atoms with Crippen molar-refractivity contribution in [3.63, 3.8) is 0 Å². The van der Waals surface area contributed by atoms with Gasteiger partial charge in [0.05, 0.1) is 0 Å². The Kier molecular flexibility index (Phi) is 3.98. The lowest BCUT2D eigenvalue weighted by Crippen LogP contribution is -2.22. The maximum absolute atomic E-state index is 12.8. The summed E-state index contributed by atoms with van der Waals surface area (Å²) in [5, 5.41) is 12.6. The molecule has 3 rings (SSSR count). The van der Waals surface area contributed by atoms with Crippen molar-refractivity contribution in [3.8, 4) is 17.5 Å². The van der Waals surface area contributed by atoms with Crippen LogP contribution in [0.4, 0.5) is 0 Å². The largest absolute Gasteiger partial charge is 0.274 e. The second kappa shape index (κ2) is 6.09. The lowest BCUT2D eigenvalue weighted by molar-refractivity contribution is 0.769. The van der Waals surface area contributed by atoms with Crippen LogP contribution in [0.5, 0.6) is 0 Å². The third kappa shape index (κ3) is 2.53. The highest BCUT2D eigenvalue weighted by atomic mass is 16.1. The summed E-state index contributed by atoms with van der Waals surface area (Å²) in [4.78, 5) is 17.2. The van der Waals surface area contributed by atoms with Crippen molar-refractivity contribution in [3.05, 3.63) is 57.4 Å². The van der Waals surface area contributed by atoms with E-state index in [1.165, 1.54) is 4.52 Å². The van der Waals surface area contributed by atoms with E-state index in [9.17, 15) is 10.1 Å². The molecule has 1 aromatic carbocycles. The van der Waals surface area contributed by atoms with Crippen molar-refractivity contribution >= 4 is 5.65 Å². The van der Waals surface area contributed by atoms with Crippen LogP contribution in [0.3, 0.4) is 0 Å². The van der Waals surface area contributed by atoms with Gasteiger partial charge in [-0.1, -0.05) is 43.7 Å². The quantitative estimate of drug-likeness (QED) is 0.804. The zero-order valence-electron chi connectivity index (χ0n) is 13.3. The summed E-state index contributed by atoms with van der Waals surface area (Å²) in [6.07, 6.45) is 2.60. The molecule has 0 radical (unpaired) electrons. The average molecular weight is 306 g/mol. The van der Waals surface area contributed by atoms with Crippen molar-refractivity contribution < 1.29 is 0 Å². The van der Waals surface area contributed by atoms with Crippen LogP contribution in [0.2, 0.25) is 0 Å². The number of hydrogen-bond acceptors (Lipinski definition) is 3. The number of aromatic amines is 1. The molecular formula is C18H18N4O. The van der Waals surface area contributed by atoms with Gasteiger partial charge in [0, 0.05) is 11.1 Å². The Hall–Kier alpha value is -2.87. The molecule has 23 heavy (non-hydrogen) atoms. The number of fused-ring (bicyclic) bond motifs is 1. The van der Waals surface area contributed by atoms with Crippen molar-refractivity contribution in [1.29, 1.82) is 5.26 Å². The van der Waals surface area contributed by atoms with Crippen molar-refractivity contribution in [2.45, 2.75) is 33.1 Å². The molecule has 0 spiro atoms. The van der Waals surface area contributed by atoms with E-state index in [-0.39, 0.29) is 5.56 Å². The lowest BCUT2D eigenvalue weighted by Gasteiger charge is -2.07. The molecule has 2 heterocycles. The molecule has 116 valence electrons. The standard InChI is InChI=1S/C18H18N4O/c1-3-4-10-14-12(2)15(11-19)17-20-16(21-22(17)18(14)23)13-8-6-5-7-9-13/h5-9H,3-4,10H2,1-2H3,(H,20,21). The molecule has 2 aromatic heterocycles. The van der Waals surface area contributed by atoms with E-state index < -0.39 is 0 Å². The number of nitrogens with zero attached hydrogens (tertiary/aromatic N) is 3.